The van der Waals surface area contributed by atoms with Crippen LogP contribution in [-0.4, -0.2) is 0 Å². The average molecular weight is 265 g/mol. The molecule has 0 aliphatic carbocycles. The van der Waals surface area contributed by atoms with Crippen molar-refractivity contribution in [3.05, 3.63) is 43.8 Å². The van der Waals surface area contributed by atoms with Crippen molar-refractivity contribution < 1.29 is 0 Å². The van der Waals surface area contributed by atoms with Crippen molar-refractivity contribution >= 4 is 22.7 Å². The van der Waals surface area contributed by atoms with Gasteiger partial charge in [0.05, 0.1) is 0 Å². The standard InChI is InChI=1S/C14H19NS2/c1-9-5-7-13(16-9)11(3)15-12(4)14-8-6-10(2)17-14/h5-8,11-12,15H,1-4H3. The van der Waals surface area contributed by atoms with Crippen LogP contribution in [0.5, 0.6) is 0 Å². The van der Waals surface area contributed by atoms with Crippen molar-refractivity contribution in [3.63, 3.8) is 0 Å². The summed E-state index contributed by atoms with van der Waals surface area (Å²) < 4.78 is 0. The summed E-state index contributed by atoms with van der Waals surface area (Å²) in [6, 6.07) is 9.68. The predicted molar refractivity (Wildman–Crippen MR) is 78.1 cm³/mol. The molecule has 92 valence electrons. The highest BCUT2D eigenvalue weighted by Crippen LogP contribution is 2.27. The molecule has 2 aromatic rings. The van der Waals surface area contributed by atoms with Gasteiger partial charge in [0.25, 0.3) is 0 Å². The molecule has 2 aromatic heterocycles. The molecule has 2 unspecified atom stereocenters. The Kier molecular flexibility index (Phi) is 4.02. The van der Waals surface area contributed by atoms with E-state index in [9.17, 15) is 0 Å². The lowest BCUT2D eigenvalue weighted by atomic mass is 10.2. The molecule has 1 N–H and O–H groups in total. The minimum atomic E-state index is 0.422. The Bertz CT molecular complexity index is 440. The zero-order valence-corrected chi connectivity index (χ0v) is 12.4. The SMILES string of the molecule is Cc1ccc(C(C)NC(C)c2ccc(C)s2)s1. The van der Waals surface area contributed by atoms with E-state index >= 15 is 0 Å². The van der Waals surface area contributed by atoms with Crippen LogP contribution >= 0.6 is 22.7 Å². The van der Waals surface area contributed by atoms with E-state index in [1.165, 1.54) is 19.5 Å². The molecule has 0 bridgehead atoms. The maximum absolute atomic E-state index is 3.66. The van der Waals surface area contributed by atoms with Gasteiger partial charge < -0.3 is 5.32 Å². The zero-order valence-electron chi connectivity index (χ0n) is 10.8. The second-order valence-electron chi connectivity index (χ2n) is 4.51. The average Bonchev–Trinajstić information content (AvgIpc) is 2.87. The van der Waals surface area contributed by atoms with E-state index in [4.69, 9.17) is 0 Å². The second-order valence-corrected chi connectivity index (χ2v) is 7.15. The number of thiophene rings is 2. The van der Waals surface area contributed by atoms with Crippen molar-refractivity contribution in [2.75, 3.05) is 0 Å². The smallest absolute Gasteiger partial charge is 0.0391 e. The summed E-state index contributed by atoms with van der Waals surface area (Å²) in [6.07, 6.45) is 0. The number of hydrogen-bond acceptors (Lipinski definition) is 3. The van der Waals surface area contributed by atoms with Crippen LogP contribution < -0.4 is 5.32 Å². The first-order chi connectivity index (χ1) is 8.06. The van der Waals surface area contributed by atoms with Gasteiger partial charge >= 0.3 is 0 Å². The third-order valence-corrected chi connectivity index (χ3v) is 5.24. The van der Waals surface area contributed by atoms with E-state index < -0.39 is 0 Å². The summed E-state index contributed by atoms with van der Waals surface area (Å²) in [6.45, 7) is 8.80. The fraction of sp³-hybridized carbons (Fsp3) is 0.429. The van der Waals surface area contributed by atoms with Crippen molar-refractivity contribution in [1.82, 2.24) is 5.32 Å². The molecule has 0 saturated carbocycles. The summed E-state index contributed by atoms with van der Waals surface area (Å²) in [5.74, 6) is 0. The van der Waals surface area contributed by atoms with E-state index in [2.05, 4.69) is 57.3 Å². The lowest BCUT2D eigenvalue weighted by Crippen LogP contribution is -2.20. The Labute approximate surface area is 112 Å². The van der Waals surface area contributed by atoms with Crippen LogP contribution in [0.2, 0.25) is 0 Å². The van der Waals surface area contributed by atoms with Gasteiger partial charge in [0.15, 0.2) is 0 Å². The summed E-state index contributed by atoms with van der Waals surface area (Å²) in [7, 11) is 0. The highest BCUT2D eigenvalue weighted by atomic mass is 32.1. The normalized spacial score (nSPS) is 14.8. The van der Waals surface area contributed by atoms with Gasteiger partial charge in [-0.2, -0.15) is 0 Å². The van der Waals surface area contributed by atoms with Gasteiger partial charge in [-0.25, -0.2) is 0 Å². The molecule has 3 heteroatoms. The van der Waals surface area contributed by atoms with Crippen molar-refractivity contribution in [3.8, 4) is 0 Å². The monoisotopic (exact) mass is 265 g/mol. The summed E-state index contributed by atoms with van der Waals surface area (Å²) in [5, 5.41) is 3.66. The van der Waals surface area contributed by atoms with Crippen LogP contribution in [0, 0.1) is 13.8 Å². The van der Waals surface area contributed by atoms with Crippen molar-refractivity contribution in [1.29, 1.82) is 0 Å². The van der Waals surface area contributed by atoms with Gasteiger partial charge in [0.1, 0.15) is 0 Å². The minimum absolute atomic E-state index is 0.422. The fourth-order valence-corrected chi connectivity index (χ4v) is 3.69. The third-order valence-electron chi connectivity index (χ3n) is 2.88. The van der Waals surface area contributed by atoms with Crippen LogP contribution in [0.3, 0.4) is 0 Å². The first-order valence-corrected chi connectivity index (χ1v) is 7.58. The van der Waals surface area contributed by atoms with Gasteiger partial charge in [0, 0.05) is 31.6 Å². The van der Waals surface area contributed by atoms with E-state index in [0.717, 1.165) is 0 Å². The Morgan fingerprint density at radius 2 is 1.24 bits per heavy atom. The van der Waals surface area contributed by atoms with Crippen molar-refractivity contribution in [2.24, 2.45) is 0 Å². The Balaban J connectivity index is 2.01. The van der Waals surface area contributed by atoms with Crippen LogP contribution in [0.1, 0.15) is 45.4 Å². The van der Waals surface area contributed by atoms with Gasteiger partial charge in [-0.05, 0) is 52.0 Å². The number of aryl methyl sites for hydroxylation is 2. The summed E-state index contributed by atoms with van der Waals surface area (Å²) in [4.78, 5) is 5.60. The Morgan fingerprint density at radius 1 is 0.824 bits per heavy atom. The molecular formula is C14H19NS2. The molecule has 0 radical (unpaired) electrons. The second kappa shape index (κ2) is 5.34. The molecule has 2 heterocycles. The molecule has 0 spiro atoms. The molecule has 17 heavy (non-hydrogen) atoms. The summed E-state index contributed by atoms with van der Waals surface area (Å²) >= 11 is 3.76. The molecule has 0 fully saturated rings. The third kappa shape index (κ3) is 3.18. The highest BCUT2D eigenvalue weighted by Gasteiger charge is 2.13. The highest BCUT2D eigenvalue weighted by molar-refractivity contribution is 7.12. The molecule has 0 saturated heterocycles. The lowest BCUT2D eigenvalue weighted by molar-refractivity contribution is 0.506. The van der Waals surface area contributed by atoms with Gasteiger partial charge in [-0.15, -0.1) is 22.7 Å². The van der Waals surface area contributed by atoms with E-state index in [-0.39, 0.29) is 0 Å². The fourth-order valence-electron chi connectivity index (χ4n) is 1.91. The predicted octanol–water partition coefficient (Wildman–Crippen LogP) is 4.84. The quantitative estimate of drug-likeness (QED) is 0.834. The number of nitrogens with one attached hydrogen (secondary N) is 1. The molecule has 0 aliphatic rings. The molecule has 0 amide bonds. The molecule has 0 aromatic carbocycles. The van der Waals surface area contributed by atoms with E-state index in [1.54, 1.807) is 0 Å². The van der Waals surface area contributed by atoms with Crippen LogP contribution in [0.4, 0.5) is 0 Å². The Morgan fingerprint density at radius 3 is 1.53 bits per heavy atom. The number of hydrogen-bond donors (Lipinski definition) is 1. The first-order valence-electron chi connectivity index (χ1n) is 5.95. The molecular weight excluding hydrogens is 246 g/mol. The van der Waals surface area contributed by atoms with E-state index in [1.807, 2.05) is 22.7 Å². The largest absolute Gasteiger partial charge is 0.302 e. The molecule has 1 nitrogen and oxygen atoms in total. The minimum Gasteiger partial charge on any atom is -0.302 e. The summed E-state index contributed by atoms with van der Waals surface area (Å²) in [5.41, 5.74) is 0. The Hall–Kier alpha value is -0.640. The van der Waals surface area contributed by atoms with Crippen LogP contribution in [-0.2, 0) is 0 Å². The van der Waals surface area contributed by atoms with Crippen LogP contribution in [0.15, 0.2) is 24.3 Å². The topological polar surface area (TPSA) is 12.0 Å². The zero-order chi connectivity index (χ0) is 12.4. The van der Waals surface area contributed by atoms with Crippen molar-refractivity contribution in [2.45, 2.75) is 39.8 Å². The molecule has 2 atom stereocenters. The van der Waals surface area contributed by atoms with E-state index in [0.29, 0.717) is 12.1 Å². The lowest BCUT2D eigenvalue weighted by Gasteiger charge is -2.18. The molecule has 2 rings (SSSR count). The molecule has 0 aliphatic heterocycles. The maximum atomic E-state index is 3.66. The van der Waals surface area contributed by atoms with Crippen LogP contribution in [0.25, 0.3) is 0 Å². The van der Waals surface area contributed by atoms with Gasteiger partial charge in [-0.3, -0.25) is 0 Å². The number of rotatable bonds is 4. The van der Waals surface area contributed by atoms with Gasteiger partial charge in [-0.1, -0.05) is 0 Å². The van der Waals surface area contributed by atoms with Gasteiger partial charge in [0.2, 0.25) is 0 Å². The maximum Gasteiger partial charge on any atom is 0.0391 e. The first kappa shape index (κ1) is 12.8.